The predicted octanol–water partition coefficient (Wildman–Crippen LogP) is 8.15. The molecule has 0 fully saturated rings. The van der Waals surface area contributed by atoms with Crippen molar-refractivity contribution in [2.75, 3.05) is 10.6 Å². The van der Waals surface area contributed by atoms with E-state index in [9.17, 15) is 53.5 Å². The third-order valence-corrected chi connectivity index (χ3v) is 6.65. The Kier molecular flexibility index (Phi) is 8.65. The number of carbonyl (C=O) groups excluding carboxylic acids is 2. The first-order chi connectivity index (χ1) is 18.3. The van der Waals surface area contributed by atoms with Gasteiger partial charge in [-0.1, -0.05) is 23.7 Å². The van der Waals surface area contributed by atoms with Crippen LogP contribution in [0.15, 0.2) is 54.7 Å². The van der Waals surface area contributed by atoms with Gasteiger partial charge in [-0.25, -0.2) is 9.37 Å². The zero-order valence-electron chi connectivity index (χ0n) is 19.0. The van der Waals surface area contributed by atoms with Crippen LogP contribution in [-0.4, -0.2) is 29.2 Å². The molecule has 0 saturated carbocycles. The number of amides is 2. The maximum Gasteiger partial charge on any atom is 0.435 e. The molecule has 3 rings (SSSR count). The SMILES string of the molecule is O=C(Nc1c(C(F)(F)F)ccc(C(F)(C(F)(F)F)C(F)(F)F)c1I)c1cccc(NC(=O)c2cccnc2Cl)c1. The van der Waals surface area contributed by atoms with Gasteiger partial charge in [-0.15, -0.1) is 0 Å². The van der Waals surface area contributed by atoms with Crippen molar-refractivity contribution in [1.82, 2.24) is 4.98 Å². The lowest BCUT2D eigenvalue weighted by Gasteiger charge is -2.32. The van der Waals surface area contributed by atoms with E-state index in [1.807, 2.05) is 0 Å². The zero-order chi connectivity index (χ0) is 30.3. The minimum absolute atomic E-state index is 0.0794. The molecule has 0 aliphatic carbocycles. The normalized spacial score (nSPS) is 12.7. The fourth-order valence-corrected chi connectivity index (χ4v) is 4.53. The van der Waals surface area contributed by atoms with Crippen LogP contribution < -0.4 is 10.6 Å². The van der Waals surface area contributed by atoms with E-state index in [1.54, 1.807) is 5.32 Å². The van der Waals surface area contributed by atoms with Crippen LogP contribution in [0.1, 0.15) is 31.8 Å². The summed E-state index contributed by atoms with van der Waals surface area (Å²) in [5.74, 6) is -2.23. The van der Waals surface area contributed by atoms with Crippen molar-refractivity contribution in [3.8, 4) is 0 Å². The monoisotopic (exact) mass is 713 g/mol. The lowest BCUT2D eigenvalue weighted by molar-refractivity contribution is -0.348. The van der Waals surface area contributed by atoms with Gasteiger partial charge in [0.15, 0.2) is 0 Å². The first-order valence-electron chi connectivity index (χ1n) is 10.3. The molecule has 0 aliphatic heterocycles. The highest BCUT2D eigenvalue weighted by Gasteiger charge is 2.74. The summed E-state index contributed by atoms with van der Waals surface area (Å²) >= 11 is 6.50. The molecular formula is C23H11ClF10IN3O2. The second-order valence-electron chi connectivity index (χ2n) is 7.83. The van der Waals surface area contributed by atoms with E-state index in [0.29, 0.717) is 22.6 Å². The zero-order valence-corrected chi connectivity index (χ0v) is 21.9. The number of alkyl halides is 10. The van der Waals surface area contributed by atoms with Gasteiger partial charge >= 0.3 is 24.2 Å². The summed E-state index contributed by atoms with van der Waals surface area (Å²) in [6.45, 7) is 0. The van der Waals surface area contributed by atoms with Crippen LogP contribution in [0.4, 0.5) is 55.3 Å². The molecular weight excluding hydrogens is 703 g/mol. The molecule has 5 nitrogen and oxygen atoms in total. The molecule has 1 heterocycles. The van der Waals surface area contributed by atoms with E-state index in [4.69, 9.17) is 11.6 Å². The van der Waals surface area contributed by atoms with Crippen molar-refractivity contribution >= 4 is 57.4 Å². The fraction of sp³-hybridized carbons (Fsp3) is 0.174. The molecule has 0 radical (unpaired) electrons. The van der Waals surface area contributed by atoms with E-state index in [0.717, 1.165) is 12.1 Å². The lowest BCUT2D eigenvalue weighted by Crippen LogP contribution is -2.51. The van der Waals surface area contributed by atoms with Crippen LogP contribution >= 0.6 is 34.2 Å². The molecule has 0 atom stereocenters. The quantitative estimate of drug-likeness (QED) is 0.159. The minimum Gasteiger partial charge on any atom is -0.322 e. The Bertz CT molecular complexity index is 1440. The molecule has 2 N–H and O–H groups in total. The van der Waals surface area contributed by atoms with Crippen LogP contribution in [0.25, 0.3) is 0 Å². The van der Waals surface area contributed by atoms with E-state index < -0.39 is 62.0 Å². The first-order valence-corrected chi connectivity index (χ1v) is 11.8. The van der Waals surface area contributed by atoms with Crippen LogP contribution in [0.2, 0.25) is 5.15 Å². The van der Waals surface area contributed by atoms with Crippen LogP contribution in [-0.2, 0) is 11.8 Å². The highest BCUT2D eigenvalue weighted by atomic mass is 127. The van der Waals surface area contributed by atoms with Crippen molar-refractivity contribution in [3.05, 3.63) is 85.7 Å². The average molecular weight is 714 g/mol. The summed E-state index contributed by atoms with van der Waals surface area (Å²) in [7, 11) is 0. The van der Waals surface area contributed by atoms with E-state index in [1.165, 1.54) is 30.5 Å². The molecule has 1 aromatic heterocycles. The number of nitrogens with one attached hydrogen (secondary N) is 2. The number of nitrogens with zero attached hydrogens (tertiary/aromatic N) is 1. The van der Waals surface area contributed by atoms with Crippen LogP contribution in [0.3, 0.4) is 0 Å². The van der Waals surface area contributed by atoms with Crippen molar-refractivity contribution in [1.29, 1.82) is 0 Å². The molecule has 0 unspecified atom stereocenters. The molecule has 40 heavy (non-hydrogen) atoms. The highest BCUT2D eigenvalue weighted by molar-refractivity contribution is 14.1. The highest BCUT2D eigenvalue weighted by Crippen LogP contribution is 2.55. The first kappa shape index (κ1) is 31.4. The van der Waals surface area contributed by atoms with Crippen LogP contribution in [0, 0.1) is 3.57 Å². The molecule has 2 amide bonds. The Morgan fingerprint density at radius 1 is 0.775 bits per heavy atom. The van der Waals surface area contributed by atoms with Crippen molar-refractivity contribution in [3.63, 3.8) is 0 Å². The van der Waals surface area contributed by atoms with Gasteiger partial charge in [-0.2, -0.15) is 39.5 Å². The number of benzene rings is 2. The third-order valence-electron chi connectivity index (χ3n) is 5.22. The topological polar surface area (TPSA) is 71.1 Å². The maximum absolute atomic E-state index is 14.7. The number of anilines is 2. The smallest absolute Gasteiger partial charge is 0.322 e. The summed E-state index contributed by atoms with van der Waals surface area (Å²) in [4.78, 5) is 28.9. The van der Waals surface area contributed by atoms with Gasteiger partial charge in [0.05, 0.1) is 16.8 Å². The molecule has 214 valence electrons. The molecule has 0 bridgehead atoms. The summed E-state index contributed by atoms with van der Waals surface area (Å²) in [5.41, 5.74) is -12.3. The number of rotatable bonds is 5. The second kappa shape index (κ2) is 11.0. The maximum atomic E-state index is 14.7. The summed E-state index contributed by atoms with van der Waals surface area (Å²) < 4.78 is 134. The minimum atomic E-state index is -6.62. The molecule has 3 aromatic rings. The summed E-state index contributed by atoms with van der Waals surface area (Å²) in [6.07, 6.45) is -17.3. The van der Waals surface area contributed by atoms with Gasteiger partial charge in [0.1, 0.15) is 5.15 Å². The van der Waals surface area contributed by atoms with Gasteiger partial charge in [-0.05, 0) is 59.0 Å². The van der Waals surface area contributed by atoms with Crippen LogP contribution in [0.5, 0.6) is 0 Å². The molecule has 17 heteroatoms. The van der Waals surface area contributed by atoms with E-state index in [2.05, 4.69) is 10.3 Å². The number of carbonyl (C=O) groups is 2. The van der Waals surface area contributed by atoms with E-state index >= 15 is 0 Å². The van der Waals surface area contributed by atoms with Crippen molar-refractivity contribution in [2.45, 2.75) is 24.2 Å². The molecule has 0 spiro atoms. The molecule has 2 aromatic carbocycles. The number of hydrogen-bond acceptors (Lipinski definition) is 3. The lowest BCUT2D eigenvalue weighted by atomic mass is 9.92. The average Bonchev–Trinajstić information content (AvgIpc) is 2.83. The Morgan fingerprint density at radius 2 is 1.38 bits per heavy atom. The number of aromatic nitrogens is 1. The van der Waals surface area contributed by atoms with Gasteiger partial charge in [0.25, 0.3) is 11.8 Å². The Labute approximate surface area is 236 Å². The Morgan fingerprint density at radius 3 is 1.93 bits per heavy atom. The fourth-order valence-electron chi connectivity index (χ4n) is 3.34. The van der Waals surface area contributed by atoms with Crippen molar-refractivity contribution in [2.24, 2.45) is 0 Å². The van der Waals surface area contributed by atoms with Gasteiger partial charge in [0, 0.05) is 26.6 Å². The van der Waals surface area contributed by atoms with Gasteiger partial charge in [0.2, 0.25) is 0 Å². The van der Waals surface area contributed by atoms with E-state index in [-0.39, 0.29) is 28.5 Å². The third kappa shape index (κ3) is 6.11. The van der Waals surface area contributed by atoms with Gasteiger partial charge in [-0.3, -0.25) is 9.59 Å². The number of hydrogen-bond donors (Lipinski definition) is 2. The standard InChI is InChI=1S/C23H11ClF10IN3O2/c24-17-12(5-2-8-36-17)19(40)37-11-4-1-3-10(9-11)18(39)38-16-14(21(26,27)28)7-6-13(15(16)35)20(25,22(29,30)31)23(32,33)34/h1-9H,(H,37,40)(H,38,39). The molecule has 0 saturated heterocycles. The number of halogens is 12. The Hall–Kier alpha value is -3.15. The van der Waals surface area contributed by atoms with Crippen molar-refractivity contribution < 1.29 is 53.5 Å². The Balaban J connectivity index is 2.05. The number of pyridine rings is 1. The molecule has 0 aliphatic rings. The summed E-state index contributed by atoms with van der Waals surface area (Å²) in [5, 5.41) is 3.79. The largest absolute Gasteiger partial charge is 0.435 e. The predicted molar refractivity (Wildman–Crippen MR) is 131 cm³/mol. The second-order valence-corrected chi connectivity index (χ2v) is 9.27. The van der Waals surface area contributed by atoms with Gasteiger partial charge < -0.3 is 10.6 Å². The summed E-state index contributed by atoms with van der Waals surface area (Å²) in [6, 6.07) is 6.61.